The molecule has 9 nitrogen and oxygen atoms in total. The molecule has 3 fully saturated rings. The van der Waals surface area contributed by atoms with Crippen molar-refractivity contribution >= 4 is 40.8 Å². The molecule has 2 aliphatic carbocycles. The van der Waals surface area contributed by atoms with Crippen molar-refractivity contribution in [2.24, 2.45) is 5.92 Å². The van der Waals surface area contributed by atoms with Crippen LogP contribution in [-0.2, 0) is 20.9 Å². The van der Waals surface area contributed by atoms with Gasteiger partial charge in [-0.3, -0.25) is 4.79 Å². The molecule has 6 rings (SSSR count). The Morgan fingerprint density at radius 2 is 1.89 bits per heavy atom. The van der Waals surface area contributed by atoms with Gasteiger partial charge >= 0.3 is 5.97 Å². The number of aromatic nitrogens is 3. The van der Waals surface area contributed by atoms with Gasteiger partial charge in [-0.2, -0.15) is 0 Å². The fourth-order valence-corrected chi connectivity index (χ4v) is 5.78. The van der Waals surface area contributed by atoms with E-state index in [4.69, 9.17) is 32.5 Å². The zero-order chi connectivity index (χ0) is 25.0. The van der Waals surface area contributed by atoms with Crippen LogP contribution in [-0.4, -0.2) is 46.3 Å². The second kappa shape index (κ2) is 9.14. The fourth-order valence-electron chi connectivity index (χ4n) is 5.21. The summed E-state index contributed by atoms with van der Waals surface area (Å²) in [5.41, 5.74) is 2.61. The number of anilines is 1. The average molecular weight is 529 g/mol. The van der Waals surface area contributed by atoms with Crippen LogP contribution in [0.4, 0.5) is 5.69 Å². The smallest absolute Gasteiger partial charge is 0.376 e. The third kappa shape index (κ3) is 3.95. The van der Waals surface area contributed by atoms with Crippen molar-refractivity contribution in [1.82, 2.24) is 15.1 Å². The standard InChI is InChI=1S/C25H22Cl2N4O5/c1-34-25(33)23-28-9-14(10-29-23)31-13-7-15(24(31)32)19(8-13)35-11-16-21(30-36-22(16)12-5-6-12)20-17(26)3-2-4-18(20)27/h2-4,9-10,12-13,15,19H,5-8,11H2,1H3/t13-,15+,19+/m0/s1. The first-order valence-corrected chi connectivity index (χ1v) is 12.5. The van der Waals surface area contributed by atoms with Crippen molar-refractivity contribution in [3.05, 3.63) is 57.8 Å². The molecule has 36 heavy (non-hydrogen) atoms. The summed E-state index contributed by atoms with van der Waals surface area (Å²) in [6.07, 6.45) is 6.17. The Labute approximate surface area is 216 Å². The zero-order valence-electron chi connectivity index (χ0n) is 19.3. The first kappa shape index (κ1) is 23.4. The maximum absolute atomic E-state index is 13.2. The Kier molecular flexibility index (Phi) is 5.94. The number of carbonyl (C=O) groups is 2. The van der Waals surface area contributed by atoms with Gasteiger partial charge in [-0.1, -0.05) is 34.4 Å². The number of ether oxygens (including phenoxy) is 2. The number of hydrogen-bond donors (Lipinski definition) is 0. The van der Waals surface area contributed by atoms with Gasteiger partial charge in [-0.15, -0.1) is 0 Å². The van der Waals surface area contributed by atoms with E-state index < -0.39 is 5.97 Å². The van der Waals surface area contributed by atoms with Crippen molar-refractivity contribution in [3.63, 3.8) is 0 Å². The summed E-state index contributed by atoms with van der Waals surface area (Å²) in [4.78, 5) is 34.6. The van der Waals surface area contributed by atoms with Crippen molar-refractivity contribution in [2.75, 3.05) is 12.0 Å². The highest BCUT2D eigenvalue weighted by molar-refractivity contribution is 6.39. The monoisotopic (exact) mass is 528 g/mol. The first-order valence-electron chi connectivity index (χ1n) is 11.7. The van der Waals surface area contributed by atoms with E-state index in [1.54, 1.807) is 23.1 Å². The molecule has 3 heterocycles. The van der Waals surface area contributed by atoms with Gasteiger partial charge in [0.05, 0.1) is 53.9 Å². The van der Waals surface area contributed by atoms with Gasteiger partial charge in [0.1, 0.15) is 11.5 Å². The van der Waals surface area contributed by atoms with Crippen LogP contribution in [0, 0.1) is 5.92 Å². The molecule has 0 N–H and O–H groups in total. The minimum atomic E-state index is -0.624. The van der Waals surface area contributed by atoms with Crippen LogP contribution in [0.15, 0.2) is 35.1 Å². The summed E-state index contributed by atoms with van der Waals surface area (Å²) < 4.78 is 16.7. The van der Waals surface area contributed by atoms with E-state index >= 15 is 0 Å². The second-order valence-corrected chi connectivity index (χ2v) is 10.1. The number of nitrogens with zero attached hydrogens (tertiary/aromatic N) is 4. The number of esters is 1. The molecule has 3 aliphatic rings. The number of hydrogen-bond acceptors (Lipinski definition) is 8. The Morgan fingerprint density at radius 3 is 2.53 bits per heavy atom. The highest BCUT2D eigenvalue weighted by atomic mass is 35.5. The summed E-state index contributed by atoms with van der Waals surface area (Å²) in [7, 11) is 1.27. The van der Waals surface area contributed by atoms with Gasteiger partial charge in [-0.25, -0.2) is 14.8 Å². The largest absolute Gasteiger partial charge is 0.463 e. The molecule has 1 aliphatic heterocycles. The molecule has 2 saturated carbocycles. The van der Waals surface area contributed by atoms with E-state index in [2.05, 4.69) is 19.9 Å². The molecule has 1 amide bonds. The van der Waals surface area contributed by atoms with Crippen LogP contribution in [0.3, 0.4) is 0 Å². The van der Waals surface area contributed by atoms with Gasteiger partial charge in [0.25, 0.3) is 0 Å². The molecule has 11 heteroatoms. The van der Waals surface area contributed by atoms with Crippen LogP contribution in [0.2, 0.25) is 10.0 Å². The predicted octanol–water partition coefficient (Wildman–Crippen LogP) is 4.81. The van der Waals surface area contributed by atoms with Crippen molar-refractivity contribution < 1.29 is 23.6 Å². The minimum absolute atomic E-state index is 0.0251. The van der Waals surface area contributed by atoms with E-state index in [1.807, 2.05) is 0 Å². The molecular formula is C25H22Cl2N4O5. The minimum Gasteiger partial charge on any atom is -0.463 e. The number of piperidine rings is 1. The molecule has 2 bridgehead atoms. The molecule has 1 aromatic carbocycles. The molecule has 0 spiro atoms. The van der Waals surface area contributed by atoms with E-state index in [9.17, 15) is 9.59 Å². The van der Waals surface area contributed by atoms with Crippen LogP contribution in [0.5, 0.6) is 0 Å². The summed E-state index contributed by atoms with van der Waals surface area (Å²) in [5, 5.41) is 5.29. The topological polar surface area (TPSA) is 108 Å². The third-order valence-electron chi connectivity index (χ3n) is 7.09. The number of halogens is 2. The molecule has 3 aromatic rings. The lowest BCUT2D eigenvalue weighted by Gasteiger charge is -2.31. The summed E-state index contributed by atoms with van der Waals surface area (Å²) in [5.74, 6) is 0.144. The number of carbonyl (C=O) groups excluding carboxylic acids is 2. The van der Waals surface area contributed by atoms with Crippen LogP contribution < -0.4 is 4.90 Å². The van der Waals surface area contributed by atoms with Crippen LogP contribution >= 0.6 is 23.2 Å². The van der Waals surface area contributed by atoms with Crippen molar-refractivity contribution in [2.45, 2.75) is 50.4 Å². The molecular weight excluding hydrogens is 507 g/mol. The number of fused-ring (bicyclic) bond motifs is 2. The van der Waals surface area contributed by atoms with Crippen LogP contribution in [0.25, 0.3) is 11.3 Å². The lowest BCUT2D eigenvalue weighted by molar-refractivity contribution is -0.126. The van der Waals surface area contributed by atoms with Crippen molar-refractivity contribution in [3.8, 4) is 11.3 Å². The van der Waals surface area contributed by atoms with Gasteiger partial charge in [0.15, 0.2) is 0 Å². The van der Waals surface area contributed by atoms with Gasteiger partial charge in [-0.05, 0) is 37.8 Å². The Bertz CT molecular complexity index is 1320. The van der Waals surface area contributed by atoms with Gasteiger partial charge in [0.2, 0.25) is 11.7 Å². The predicted molar refractivity (Wildman–Crippen MR) is 130 cm³/mol. The quantitative estimate of drug-likeness (QED) is 0.402. The van der Waals surface area contributed by atoms with Crippen molar-refractivity contribution in [1.29, 1.82) is 0 Å². The molecule has 1 saturated heterocycles. The maximum atomic E-state index is 13.2. The molecule has 186 valence electrons. The normalized spacial score (nSPS) is 22.9. The van der Waals surface area contributed by atoms with E-state index in [-0.39, 0.29) is 36.4 Å². The molecule has 3 atom stereocenters. The molecule has 0 unspecified atom stereocenters. The Morgan fingerprint density at radius 1 is 1.17 bits per heavy atom. The first-order chi connectivity index (χ1) is 17.5. The number of amides is 1. The number of benzene rings is 1. The SMILES string of the molecule is COC(=O)c1ncc(N2C(=O)[C@@H]3C[C@H]2C[C@H]3OCc2c(-c3c(Cl)cccc3Cl)noc2C2CC2)cn1. The summed E-state index contributed by atoms with van der Waals surface area (Å²) in [6.45, 7) is 0.254. The second-order valence-electron chi connectivity index (χ2n) is 9.29. The number of methoxy groups -OCH3 is 1. The number of rotatable bonds is 7. The fraction of sp³-hybridized carbons (Fsp3) is 0.400. The van der Waals surface area contributed by atoms with E-state index in [0.29, 0.717) is 45.7 Å². The zero-order valence-corrected chi connectivity index (χ0v) is 20.8. The van der Waals surface area contributed by atoms with Crippen LogP contribution in [0.1, 0.15) is 53.5 Å². The Hall–Kier alpha value is -3.01. The lowest BCUT2D eigenvalue weighted by Crippen LogP contribution is -2.43. The summed E-state index contributed by atoms with van der Waals surface area (Å²) >= 11 is 12.9. The molecule has 2 aromatic heterocycles. The van der Waals surface area contributed by atoms with E-state index in [0.717, 1.165) is 24.2 Å². The highest BCUT2D eigenvalue weighted by Gasteiger charge is 2.52. The van der Waals surface area contributed by atoms with Gasteiger partial charge < -0.3 is 18.9 Å². The average Bonchev–Trinajstić information content (AvgIpc) is 3.39. The lowest BCUT2D eigenvalue weighted by atomic mass is 10.0. The highest BCUT2D eigenvalue weighted by Crippen LogP contribution is 2.47. The van der Waals surface area contributed by atoms with E-state index in [1.165, 1.54) is 19.5 Å². The maximum Gasteiger partial charge on any atom is 0.376 e. The third-order valence-corrected chi connectivity index (χ3v) is 7.72. The molecule has 0 radical (unpaired) electrons. The Balaban J connectivity index is 1.19. The summed E-state index contributed by atoms with van der Waals surface area (Å²) in [6, 6.07) is 5.29. The van der Waals surface area contributed by atoms with Gasteiger partial charge in [0, 0.05) is 23.1 Å².